The van der Waals surface area contributed by atoms with Crippen LogP contribution in [-0.2, 0) is 9.53 Å². The minimum atomic E-state index is -0.665. The van der Waals surface area contributed by atoms with Crippen LogP contribution in [0, 0.1) is 0 Å². The quantitative estimate of drug-likeness (QED) is 0.452. The molecule has 0 unspecified atom stereocenters. The number of benzene rings is 1. The molecule has 0 amide bonds. The summed E-state index contributed by atoms with van der Waals surface area (Å²) < 4.78 is 4.73. The number of aliphatic hydroxyl groups is 1. The lowest BCUT2D eigenvalue weighted by molar-refractivity contribution is -0.136. The van der Waals surface area contributed by atoms with Crippen LogP contribution in [-0.4, -0.2) is 22.8 Å². The number of phenols is 1. The number of ether oxygens (including phenoxy) is 1. The van der Waals surface area contributed by atoms with E-state index < -0.39 is 5.97 Å². The van der Waals surface area contributed by atoms with Crippen molar-refractivity contribution in [1.82, 2.24) is 0 Å². The van der Waals surface area contributed by atoms with E-state index in [4.69, 9.17) is 9.84 Å². The molecule has 1 aromatic carbocycles. The number of esters is 1. The Kier molecular flexibility index (Phi) is 3.74. The van der Waals surface area contributed by atoms with Crippen molar-refractivity contribution in [2.75, 3.05) is 6.61 Å². The van der Waals surface area contributed by atoms with E-state index >= 15 is 0 Å². The monoisotopic (exact) mass is 208 g/mol. The molecule has 2 N–H and O–H groups in total. The summed E-state index contributed by atoms with van der Waals surface area (Å²) in [5, 5.41) is 18.4. The molecule has 1 aromatic rings. The number of phenolic OH excluding ortho intramolecular Hbond substituents is 1. The van der Waals surface area contributed by atoms with E-state index in [1.165, 1.54) is 12.1 Å². The average Bonchev–Trinajstić information content (AvgIpc) is 2.22. The Hall–Kier alpha value is -1.97. The van der Waals surface area contributed by atoms with Gasteiger partial charge in [0, 0.05) is 5.56 Å². The Balaban J connectivity index is 3.04. The van der Waals surface area contributed by atoms with Crippen LogP contribution in [0.3, 0.4) is 0 Å². The smallest absolute Gasteiger partial charge is 0.342 e. The van der Waals surface area contributed by atoms with Gasteiger partial charge >= 0.3 is 5.97 Å². The molecule has 0 heterocycles. The third-order valence-corrected chi connectivity index (χ3v) is 1.82. The molecule has 0 aliphatic heterocycles. The van der Waals surface area contributed by atoms with Crippen molar-refractivity contribution in [3.05, 3.63) is 36.1 Å². The van der Waals surface area contributed by atoms with Gasteiger partial charge in [0.05, 0.1) is 12.9 Å². The van der Waals surface area contributed by atoms with Crippen LogP contribution < -0.4 is 0 Å². The number of carbonyl (C=O) groups is 1. The van der Waals surface area contributed by atoms with Gasteiger partial charge in [0.25, 0.3) is 0 Å². The number of aliphatic hydroxyl groups excluding tert-OH is 1. The normalized spacial score (nSPS) is 11.1. The lowest BCUT2D eigenvalue weighted by Crippen LogP contribution is -2.07. The van der Waals surface area contributed by atoms with Crippen LogP contribution in [0.1, 0.15) is 12.5 Å². The maximum atomic E-state index is 11.4. The highest BCUT2D eigenvalue weighted by Crippen LogP contribution is 2.24. The number of carbonyl (C=O) groups excluding carboxylic acids is 1. The van der Waals surface area contributed by atoms with E-state index in [1.807, 2.05) is 0 Å². The fourth-order valence-electron chi connectivity index (χ4n) is 1.14. The highest BCUT2D eigenvalue weighted by atomic mass is 16.5. The molecule has 0 aliphatic rings. The summed E-state index contributed by atoms with van der Waals surface area (Å²) >= 11 is 0. The Morgan fingerprint density at radius 2 is 2.13 bits per heavy atom. The van der Waals surface area contributed by atoms with Crippen molar-refractivity contribution in [2.24, 2.45) is 0 Å². The SMILES string of the molecule is CCOC(=O)/C(=C\O)c1ccccc1O. The second-order valence-corrected chi connectivity index (χ2v) is 2.78. The summed E-state index contributed by atoms with van der Waals surface area (Å²) in [7, 11) is 0. The van der Waals surface area contributed by atoms with Crippen LogP contribution in [0.15, 0.2) is 30.5 Å². The fourth-order valence-corrected chi connectivity index (χ4v) is 1.14. The molecule has 4 nitrogen and oxygen atoms in total. The minimum absolute atomic E-state index is 0.0602. The van der Waals surface area contributed by atoms with Gasteiger partial charge in [-0.3, -0.25) is 0 Å². The van der Waals surface area contributed by atoms with Crippen molar-refractivity contribution in [1.29, 1.82) is 0 Å². The molecule has 1 rings (SSSR count). The maximum Gasteiger partial charge on any atom is 0.342 e. The van der Waals surface area contributed by atoms with Crippen molar-refractivity contribution < 1.29 is 19.7 Å². The molecule has 0 radical (unpaired) electrons. The van der Waals surface area contributed by atoms with Gasteiger partial charge in [0.2, 0.25) is 0 Å². The van der Waals surface area contributed by atoms with E-state index in [0.29, 0.717) is 6.26 Å². The molecule has 0 atom stereocenters. The summed E-state index contributed by atoms with van der Waals surface area (Å²) in [4.78, 5) is 11.4. The molecule has 0 saturated carbocycles. The van der Waals surface area contributed by atoms with Crippen molar-refractivity contribution in [2.45, 2.75) is 6.92 Å². The van der Waals surface area contributed by atoms with E-state index in [9.17, 15) is 9.90 Å². The highest BCUT2D eigenvalue weighted by Gasteiger charge is 2.16. The van der Waals surface area contributed by atoms with Crippen LogP contribution in [0.25, 0.3) is 5.57 Å². The lowest BCUT2D eigenvalue weighted by atomic mass is 10.1. The number of hydrogen-bond donors (Lipinski definition) is 2. The molecular formula is C11H12O4. The fraction of sp³-hybridized carbons (Fsp3) is 0.182. The molecule has 0 bridgehead atoms. The van der Waals surface area contributed by atoms with Gasteiger partial charge in [0.1, 0.15) is 11.3 Å². The minimum Gasteiger partial charge on any atom is -0.515 e. The third kappa shape index (κ3) is 2.49. The maximum absolute atomic E-state index is 11.4. The first-order valence-electron chi connectivity index (χ1n) is 4.50. The van der Waals surface area contributed by atoms with E-state index in [1.54, 1.807) is 19.1 Å². The van der Waals surface area contributed by atoms with Crippen molar-refractivity contribution in [3.63, 3.8) is 0 Å². The summed E-state index contributed by atoms with van der Waals surface area (Å²) in [5.41, 5.74) is 0.188. The zero-order chi connectivity index (χ0) is 11.3. The van der Waals surface area contributed by atoms with E-state index in [2.05, 4.69) is 0 Å². The predicted octanol–water partition coefficient (Wildman–Crippen LogP) is 1.85. The van der Waals surface area contributed by atoms with Gasteiger partial charge in [-0.1, -0.05) is 18.2 Å². The van der Waals surface area contributed by atoms with Crippen LogP contribution in [0.4, 0.5) is 0 Å². The van der Waals surface area contributed by atoms with Gasteiger partial charge in [-0.25, -0.2) is 4.79 Å². The molecule has 0 saturated heterocycles. The molecule has 80 valence electrons. The second kappa shape index (κ2) is 5.05. The molecular weight excluding hydrogens is 196 g/mol. The molecule has 0 aliphatic carbocycles. The van der Waals surface area contributed by atoms with Gasteiger partial charge in [-0.05, 0) is 13.0 Å². The Morgan fingerprint density at radius 1 is 1.47 bits per heavy atom. The Bertz CT molecular complexity index is 382. The molecule has 0 fully saturated rings. The number of hydrogen-bond acceptors (Lipinski definition) is 4. The van der Waals surface area contributed by atoms with Crippen LogP contribution >= 0.6 is 0 Å². The first kappa shape index (κ1) is 11.1. The van der Waals surface area contributed by atoms with E-state index in [-0.39, 0.29) is 23.5 Å². The van der Waals surface area contributed by atoms with Gasteiger partial charge in [0.15, 0.2) is 0 Å². The topological polar surface area (TPSA) is 66.8 Å². The lowest BCUT2D eigenvalue weighted by Gasteiger charge is -2.07. The van der Waals surface area contributed by atoms with E-state index in [0.717, 1.165) is 0 Å². The number of para-hydroxylation sites is 1. The molecule has 0 spiro atoms. The standard InChI is InChI=1S/C11H12O4/c1-2-15-11(14)9(7-12)8-5-3-4-6-10(8)13/h3-7,12-13H,2H2,1H3/b9-7-. The Labute approximate surface area is 87.4 Å². The van der Waals surface area contributed by atoms with Crippen molar-refractivity contribution in [3.8, 4) is 5.75 Å². The third-order valence-electron chi connectivity index (χ3n) is 1.82. The van der Waals surface area contributed by atoms with Crippen LogP contribution in [0.2, 0.25) is 0 Å². The first-order chi connectivity index (χ1) is 7.20. The Morgan fingerprint density at radius 3 is 2.67 bits per heavy atom. The summed E-state index contributed by atoms with van der Waals surface area (Å²) in [6.45, 7) is 1.88. The molecule has 15 heavy (non-hydrogen) atoms. The van der Waals surface area contributed by atoms with Crippen molar-refractivity contribution >= 4 is 11.5 Å². The highest BCUT2D eigenvalue weighted by molar-refractivity contribution is 6.16. The number of rotatable bonds is 3. The van der Waals surface area contributed by atoms with Crippen LogP contribution in [0.5, 0.6) is 5.75 Å². The summed E-state index contributed by atoms with van der Waals surface area (Å²) in [5.74, 6) is -0.743. The zero-order valence-electron chi connectivity index (χ0n) is 8.30. The average molecular weight is 208 g/mol. The molecule has 4 heteroatoms. The van der Waals surface area contributed by atoms with Gasteiger partial charge < -0.3 is 14.9 Å². The summed E-state index contributed by atoms with van der Waals surface area (Å²) in [6.07, 6.45) is 0.632. The number of aromatic hydroxyl groups is 1. The zero-order valence-corrected chi connectivity index (χ0v) is 8.30. The van der Waals surface area contributed by atoms with Gasteiger partial charge in [-0.15, -0.1) is 0 Å². The largest absolute Gasteiger partial charge is 0.515 e. The van der Waals surface area contributed by atoms with Gasteiger partial charge in [-0.2, -0.15) is 0 Å². The molecule has 0 aromatic heterocycles. The first-order valence-corrected chi connectivity index (χ1v) is 4.50. The second-order valence-electron chi connectivity index (χ2n) is 2.78. The predicted molar refractivity (Wildman–Crippen MR) is 55.3 cm³/mol. The summed E-state index contributed by atoms with van der Waals surface area (Å²) in [6, 6.07) is 6.23.